The topological polar surface area (TPSA) is 41.9 Å². The average Bonchev–Trinajstić information content (AvgIpc) is 3.39. The lowest BCUT2D eigenvalue weighted by atomic mass is 9.98. The fourth-order valence-electron chi connectivity index (χ4n) is 5.23. The Kier molecular flexibility index (Phi) is 9.38. The van der Waals surface area contributed by atoms with E-state index in [2.05, 4.69) is 131 Å². The summed E-state index contributed by atoms with van der Waals surface area (Å²) in [6.07, 6.45) is 3.06. The van der Waals surface area contributed by atoms with E-state index >= 15 is 0 Å². The lowest BCUT2D eigenvalue weighted by molar-refractivity contribution is 0.486. The molecule has 5 aromatic rings. The highest BCUT2D eigenvalue weighted by molar-refractivity contribution is 7.80. The Hall–Kier alpha value is -3.80. The van der Waals surface area contributed by atoms with Gasteiger partial charge in [0.05, 0.1) is 17.4 Å². The average molecular weight is 547 g/mol. The van der Waals surface area contributed by atoms with E-state index < -0.39 is 0 Å². The van der Waals surface area contributed by atoms with E-state index in [1.165, 1.54) is 16.8 Å². The lowest BCUT2D eigenvalue weighted by Gasteiger charge is -2.24. The number of benzene rings is 4. The van der Waals surface area contributed by atoms with Crippen molar-refractivity contribution in [3.05, 3.63) is 126 Å². The van der Waals surface area contributed by atoms with Crippen molar-refractivity contribution in [2.24, 2.45) is 0 Å². The van der Waals surface area contributed by atoms with Crippen LogP contribution in [0.4, 0.5) is 5.69 Å². The van der Waals surface area contributed by atoms with E-state index in [-0.39, 0.29) is 6.04 Å². The zero-order valence-corrected chi connectivity index (χ0v) is 24.2. The summed E-state index contributed by atoms with van der Waals surface area (Å²) < 4.78 is 2.47. The number of rotatable bonds is 12. The number of unbranched alkanes of at least 4 members (excludes halogenated alkanes) is 1. The molecule has 5 heteroatoms. The molecule has 0 saturated carbocycles. The zero-order chi connectivity index (χ0) is 27.7. The number of hydrogen-bond acceptors (Lipinski definition) is 4. The first-order valence-corrected chi connectivity index (χ1v) is 14.6. The lowest BCUT2D eigenvalue weighted by Crippen LogP contribution is -2.26. The number of nitrogens with one attached hydrogen (secondary N) is 2. The summed E-state index contributed by atoms with van der Waals surface area (Å²) in [5.74, 6) is 1.03. The van der Waals surface area contributed by atoms with Crippen LogP contribution in [0.1, 0.15) is 42.6 Å². The van der Waals surface area contributed by atoms with Crippen LogP contribution in [0.2, 0.25) is 0 Å². The summed E-state index contributed by atoms with van der Waals surface area (Å²) in [5, 5.41) is 7.15. The second kappa shape index (κ2) is 13.5. The summed E-state index contributed by atoms with van der Waals surface area (Å²) in [6, 6.07) is 38.4. The molecule has 0 fully saturated rings. The second-order valence-corrected chi connectivity index (χ2v) is 10.6. The first-order chi connectivity index (χ1) is 19.7. The van der Waals surface area contributed by atoms with E-state index in [9.17, 15) is 0 Å². The standard InChI is InChI=1S/C35H38N4S/c1-3-4-22-39-34(33(28-16-10-6-11-17-28)38-35(39)29-18-12-7-13-19-29)31(23-26-14-8-5-9-15-26)37-25-27-20-21-30(36-2)32(40)24-27/h5-21,24,31,36-37,40H,3-4,22-23,25H2,1-2H3. The highest BCUT2D eigenvalue weighted by atomic mass is 32.1. The molecule has 4 nitrogen and oxygen atoms in total. The number of thiol groups is 1. The summed E-state index contributed by atoms with van der Waals surface area (Å²) >= 11 is 4.70. The number of imidazole rings is 1. The molecule has 5 rings (SSSR count). The van der Waals surface area contributed by atoms with Gasteiger partial charge in [0.25, 0.3) is 0 Å². The van der Waals surface area contributed by atoms with E-state index in [4.69, 9.17) is 17.6 Å². The van der Waals surface area contributed by atoms with Crippen LogP contribution in [-0.4, -0.2) is 16.6 Å². The Morgan fingerprint density at radius 2 is 1.45 bits per heavy atom. The van der Waals surface area contributed by atoms with Crippen LogP contribution in [0.25, 0.3) is 22.6 Å². The van der Waals surface area contributed by atoms with Gasteiger partial charge < -0.3 is 15.2 Å². The van der Waals surface area contributed by atoms with Crippen LogP contribution in [0.3, 0.4) is 0 Å². The third-order valence-electron chi connectivity index (χ3n) is 7.32. The molecule has 204 valence electrons. The monoisotopic (exact) mass is 546 g/mol. The van der Waals surface area contributed by atoms with Crippen molar-refractivity contribution in [1.82, 2.24) is 14.9 Å². The van der Waals surface area contributed by atoms with Gasteiger partial charge in [-0.2, -0.15) is 0 Å². The fourth-order valence-corrected chi connectivity index (χ4v) is 5.58. The van der Waals surface area contributed by atoms with Crippen LogP contribution in [0.5, 0.6) is 0 Å². The zero-order valence-electron chi connectivity index (χ0n) is 23.3. The molecule has 1 aromatic heterocycles. The smallest absolute Gasteiger partial charge is 0.140 e. The van der Waals surface area contributed by atoms with E-state index in [0.717, 1.165) is 65.6 Å². The van der Waals surface area contributed by atoms with Gasteiger partial charge in [-0.25, -0.2) is 4.98 Å². The predicted molar refractivity (Wildman–Crippen MR) is 171 cm³/mol. The van der Waals surface area contributed by atoms with E-state index in [1.807, 2.05) is 7.05 Å². The molecule has 1 unspecified atom stereocenters. The Balaban J connectivity index is 1.64. The molecule has 0 bridgehead atoms. The Bertz CT molecular complexity index is 1500. The van der Waals surface area contributed by atoms with Gasteiger partial charge in [0.1, 0.15) is 5.82 Å². The molecule has 0 amide bonds. The van der Waals surface area contributed by atoms with Crippen molar-refractivity contribution in [2.45, 2.75) is 50.2 Å². The molecule has 1 heterocycles. The van der Waals surface area contributed by atoms with Gasteiger partial charge >= 0.3 is 0 Å². The molecule has 0 radical (unpaired) electrons. The van der Waals surface area contributed by atoms with Gasteiger partial charge in [-0.05, 0) is 36.1 Å². The molecule has 2 N–H and O–H groups in total. The van der Waals surface area contributed by atoms with Gasteiger partial charge in [-0.1, -0.05) is 110 Å². The van der Waals surface area contributed by atoms with Crippen molar-refractivity contribution in [3.63, 3.8) is 0 Å². The molecule has 1 atom stereocenters. The first-order valence-electron chi connectivity index (χ1n) is 14.2. The van der Waals surface area contributed by atoms with E-state index in [0.29, 0.717) is 0 Å². The Morgan fingerprint density at radius 1 is 0.800 bits per heavy atom. The van der Waals surface area contributed by atoms with Crippen molar-refractivity contribution in [1.29, 1.82) is 0 Å². The molecule has 4 aromatic carbocycles. The molecule has 0 saturated heterocycles. The maximum atomic E-state index is 5.36. The van der Waals surface area contributed by atoms with E-state index in [1.54, 1.807) is 0 Å². The third kappa shape index (κ3) is 6.49. The van der Waals surface area contributed by atoms with Crippen LogP contribution >= 0.6 is 12.6 Å². The molecule has 0 spiro atoms. The molecule has 40 heavy (non-hydrogen) atoms. The van der Waals surface area contributed by atoms with Crippen LogP contribution in [-0.2, 0) is 19.5 Å². The molecular formula is C35H38N4S. The maximum Gasteiger partial charge on any atom is 0.140 e. The van der Waals surface area contributed by atoms with Gasteiger partial charge in [0, 0.05) is 41.8 Å². The van der Waals surface area contributed by atoms with Crippen molar-refractivity contribution >= 4 is 18.3 Å². The van der Waals surface area contributed by atoms with Crippen LogP contribution < -0.4 is 10.6 Å². The van der Waals surface area contributed by atoms with Gasteiger partial charge in [0.2, 0.25) is 0 Å². The first kappa shape index (κ1) is 27.8. The summed E-state index contributed by atoms with van der Waals surface area (Å²) in [7, 11) is 1.93. The summed E-state index contributed by atoms with van der Waals surface area (Å²) in [4.78, 5) is 6.31. The largest absolute Gasteiger partial charge is 0.387 e. The normalized spacial score (nSPS) is 11.9. The number of aromatic nitrogens is 2. The van der Waals surface area contributed by atoms with Crippen molar-refractivity contribution in [2.75, 3.05) is 12.4 Å². The quantitative estimate of drug-likeness (QED) is 0.138. The number of nitrogens with zero attached hydrogens (tertiary/aromatic N) is 2. The molecule has 0 aliphatic heterocycles. The Labute approximate surface area is 243 Å². The minimum atomic E-state index is 0.0479. The molecular weight excluding hydrogens is 508 g/mol. The van der Waals surface area contributed by atoms with Crippen LogP contribution in [0, 0.1) is 0 Å². The minimum absolute atomic E-state index is 0.0479. The minimum Gasteiger partial charge on any atom is -0.387 e. The maximum absolute atomic E-state index is 5.36. The summed E-state index contributed by atoms with van der Waals surface area (Å²) in [5.41, 5.74) is 8.09. The van der Waals surface area contributed by atoms with Gasteiger partial charge in [-0.3, -0.25) is 0 Å². The Morgan fingerprint density at radius 3 is 2.08 bits per heavy atom. The SMILES string of the molecule is CCCCn1c(-c2ccccc2)nc(-c2ccccc2)c1C(Cc1ccccc1)NCc1ccc(NC)c(S)c1. The van der Waals surface area contributed by atoms with Gasteiger partial charge in [0.15, 0.2) is 0 Å². The second-order valence-electron chi connectivity index (χ2n) is 10.1. The summed E-state index contributed by atoms with van der Waals surface area (Å²) in [6.45, 7) is 3.89. The number of anilines is 1. The van der Waals surface area contributed by atoms with Crippen molar-refractivity contribution in [3.8, 4) is 22.6 Å². The highest BCUT2D eigenvalue weighted by Crippen LogP contribution is 2.35. The molecule has 0 aliphatic rings. The molecule has 0 aliphatic carbocycles. The fraction of sp³-hybridized carbons (Fsp3) is 0.229. The highest BCUT2D eigenvalue weighted by Gasteiger charge is 2.26. The third-order valence-corrected chi connectivity index (χ3v) is 7.69. The van der Waals surface area contributed by atoms with Gasteiger partial charge in [-0.15, -0.1) is 12.6 Å². The number of hydrogen-bond donors (Lipinski definition) is 3. The van der Waals surface area contributed by atoms with Crippen molar-refractivity contribution < 1.29 is 0 Å². The predicted octanol–water partition coefficient (Wildman–Crippen LogP) is 8.42. The van der Waals surface area contributed by atoms with Crippen LogP contribution in [0.15, 0.2) is 114 Å².